The summed E-state index contributed by atoms with van der Waals surface area (Å²) in [7, 11) is 0. The number of imidazole rings is 1. The smallest absolute Gasteiger partial charge is 0.335 e. The number of hydrogen-bond donors (Lipinski definition) is 2. The predicted octanol–water partition coefficient (Wildman–Crippen LogP) is 3.70. The summed E-state index contributed by atoms with van der Waals surface area (Å²) in [4.78, 5) is 32.1. The number of nitrogens with zero attached hydrogens (tertiary/aromatic N) is 6. The van der Waals surface area contributed by atoms with Gasteiger partial charge in [0.15, 0.2) is 0 Å². The second-order valence-electron chi connectivity index (χ2n) is 7.88. The number of tetrazole rings is 1. The molecule has 0 saturated carbocycles. The number of thiophene rings is 1. The van der Waals surface area contributed by atoms with Gasteiger partial charge in [-0.3, -0.25) is 9.69 Å². The van der Waals surface area contributed by atoms with Crippen molar-refractivity contribution in [2.75, 3.05) is 4.90 Å². The molecule has 176 valence electrons. The number of H-pyrrole nitrogens is 1. The second-order valence-corrected chi connectivity index (χ2v) is 8.88. The molecule has 0 saturated heterocycles. The van der Waals surface area contributed by atoms with Gasteiger partial charge >= 0.3 is 5.97 Å². The Kier molecular flexibility index (Phi) is 7.12. The van der Waals surface area contributed by atoms with Crippen LogP contribution in [0.3, 0.4) is 0 Å². The molecule has 0 aliphatic rings. The molecular weight excluding hydrogens is 454 g/mol. The van der Waals surface area contributed by atoms with E-state index < -0.39 is 5.97 Å². The number of carbonyl (C=O) groups is 2. The van der Waals surface area contributed by atoms with E-state index in [-0.39, 0.29) is 17.4 Å². The molecule has 11 heteroatoms. The summed E-state index contributed by atoms with van der Waals surface area (Å²) >= 11 is 1.56. The number of carboxylic acid groups (broad SMARTS) is 1. The molecule has 3 aromatic heterocycles. The number of aromatic carboxylic acids is 1. The molecule has 0 fully saturated rings. The van der Waals surface area contributed by atoms with Crippen molar-refractivity contribution in [3.05, 3.63) is 75.0 Å². The summed E-state index contributed by atoms with van der Waals surface area (Å²) in [5.74, 6) is -0.278. The highest BCUT2D eigenvalue weighted by molar-refractivity contribution is 7.10. The summed E-state index contributed by atoms with van der Waals surface area (Å²) in [5, 5.41) is 25.3. The van der Waals surface area contributed by atoms with E-state index in [0.29, 0.717) is 18.8 Å². The van der Waals surface area contributed by atoms with Crippen molar-refractivity contribution in [1.82, 2.24) is 30.2 Å². The van der Waals surface area contributed by atoms with E-state index in [1.54, 1.807) is 41.8 Å². The van der Waals surface area contributed by atoms with Gasteiger partial charge in [-0.1, -0.05) is 30.6 Å². The third-order valence-corrected chi connectivity index (χ3v) is 6.55. The van der Waals surface area contributed by atoms with Gasteiger partial charge in [0.2, 0.25) is 0 Å². The zero-order chi connectivity index (χ0) is 24.1. The molecule has 0 bridgehead atoms. The third kappa shape index (κ3) is 5.04. The Balaban J connectivity index is 1.69. The van der Waals surface area contributed by atoms with Gasteiger partial charge in [0.1, 0.15) is 11.5 Å². The van der Waals surface area contributed by atoms with Gasteiger partial charge in [-0.2, -0.15) is 5.21 Å². The van der Waals surface area contributed by atoms with Crippen molar-refractivity contribution >= 4 is 29.2 Å². The van der Waals surface area contributed by atoms with E-state index >= 15 is 0 Å². The quantitative estimate of drug-likeness (QED) is 0.355. The van der Waals surface area contributed by atoms with Gasteiger partial charge in [-0.15, -0.1) is 16.4 Å². The van der Waals surface area contributed by atoms with Gasteiger partial charge in [0.05, 0.1) is 18.3 Å². The van der Waals surface area contributed by atoms with Crippen molar-refractivity contribution < 1.29 is 14.7 Å². The van der Waals surface area contributed by atoms with Crippen LogP contribution >= 0.6 is 11.3 Å². The number of amides is 1. The molecule has 0 radical (unpaired) electrons. The van der Waals surface area contributed by atoms with Crippen molar-refractivity contribution in [3.63, 3.8) is 0 Å². The Bertz CT molecular complexity index is 1260. The number of hydrogen-bond acceptors (Lipinski definition) is 7. The molecule has 34 heavy (non-hydrogen) atoms. The number of rotatable bonds is 10. The van der Waals surface area contributed by atoms with E-state index in [4.69, 9.17) is 0 Å². The number of carbonyl (C=O) groups excluding carboxylic acids is 1. The minimum atomic E-state index is -0.978. The fraction of sp³-hybridized carbons (Fsp3) is 0.304. The molecule has 10 nitrogen and oxygen atoms in total. The van der Waals surface area contributed by atoms with Crippen molar-refractivity contribution in [1.29, 1.82) is 0 Å². The number of aromatic amines is 1. The highest BCUT2D eigenvalue weighted by atomic mass is 32.1. The first-order valence-corrected chi connectivity index (χ1v) is 11.8. The maximum atomic E-state index is 13.8. The lowest BCUT2D eigenvalue weighted by atomic mass is 10.1. The van der Waals surface area contributed by atoms with Crippen LogP contribution in [0.4, 0.5) is 5.95 Å². The summed E-state index contributed by atoms with van der Waals surface area (Å²) < 4.78 is 1.89. The van der Waals surface area contributed by atoms with Crippen molar-refractivity contribution in [2.45, 2.75) is 46.2 Å². The fourth-order valence-corrected chi connectivity index (χ4v) is 4.48. The van der Waals surface area contributed by atoms with Crippen LogP contribution < -0.4 is 4.90 Å². The first kappa shape index (κ1) is 23.3. The molecule has 0 aliphatic heterocycles. The van der Waals surface area contributed by atoms with Crippen LogP contribution in [-0.2, 0) is 19.5 Å². The summed E-state index contributed by atoms with van der Waals surface area (Å²) in [6, 6.07) is 8.65. The minimum Gasteiger partial charge on any atom is -0.478 e. The van der Waals surface area contributed by atoms with E-state index in [2.05, 4.69) is 32.5 Å². The number of aryl methyl sites for hydroxylation is 2. The number of carboxylic acids is 1. The highest BCUT2D eigenvalue weighted by Gasteiger charge is 2.27. The van der Waals surface area contributed by atoms with Crippen LogP contribution in [0.5, 0.6) is 0 Å². The fourth-order valence-electron chi connectivity index (χ4n) is 3.58. The van der Waals surface area contributed by atoms with E-state index in [1.165, 1.54) is 4.90 Å². The van der Waals surface area contributed by atoms with Crippen LogP contribution in [0.15, 0.2) is 41.9 Å². The van der Waals surface area contributed by atoms with E-state index in [9.17, 15) is 14.7 Å². The molecule has 0 atom stereocenters. The van der Waals surface area contributed by atoms with Crippen molar-refractivity contribution in [2.24, 2.45) is 0 Å². The van der Waals surface area contributed by atoms with E-state index in [0.717, 1.165) is 41.1 Å². The van der Waals surface area contributed by atoms with Gasteiger partial charge in [0, 0.05) is 17.8 Å². The molecule has 2 N–H and O–H groups in total. The average molecular weight is 480 g/mol. The van der Waals surface area contributed by atoms with Crippen LogP contribution in [0.1, 0.15) is 62.4 Å². The summed E-state index contributed by atoms with van der Waals surface area (Å²) in [6.45, 7) is 4.80. The van der Waals surface area contributed by atoms with Crippen LogP contribution in [0, 0.1) is 6.92 Å². The molecule has 1 amide bonds. The Morgan fingerprint density at radius 3 is 2.62 bits per heavy atom. The van der Waals surface area contributed by atoms with Gasteiger partial charge in [-0.25, -0.2) is 9.78 Å². The highest BCUT2D eigenvalue weighted by Crippen LogP contribution is 2.23. The predicted molar refractivity (Wildman–Crippen MR) is 127 cm³/mol. The lowest BCUT2D eigenvalue weighted by Crippen LogP contribution is -2.33. The van der Waals surface area contributed by atoms with Gasteiger partial charge < -0.3 is 9.67 Å². The normalized spacial score (nSPS) is 11.0. The molecular formula is C23H25N7O3S. The molecule has 3 heterocycles. The van der Waals surface area contributed by atoms with Gasteiger partial charge in [-0.05, 0) is 53.3 Å². The molecule has 0 spiro atoms. The van der Waals surface area contributed by atoms with Crippen LogP contribution in [0.2, 0.25) is 0 Å². The average Bonchev–Trinajstić information content (AvgIpc) is 3.58. The Labute approximate surface area is 200 Å². The SMILES string of the molecule is CCCCc1ncc(C(=O)N(Cc2sccc2C)c2nn[nH]n2)n1Cc1ccc(C(=O)O)cc1. The number of benzene rings is 1. The molecule has 4 rings (SSSR count). The Morgan fingerprint density at radius 1 is 1.21 bits per heavy atom. The number of aromatic nitrogens is 6. The Morgan fingerprint density at radius 2 is 2.00 bits per heavy atom. The zero-order valence-corrected chi connectivity index (χ0v) is 19.7. The lowest BCUT2D eigenvalue weighted by molar-refractivity contribution is 0.0696. The Hall–Kier alpha value is -3.86. The standard InChI is InChI=1S/C23H25N7O3S/c1-3-4-5-20-24-12-18(29(20)13-16-6-8-17(9-7-16)22(32)33)21(31)30(23-25-27-28-26-23)14-19-15(2)10-11-34-19/h6-12H,3-5,13-14H2,1-2H3,(H,32,33)(H,25,26,27,28). The van der Waals surface area contributed by atoms with Crippen LogP contribution in [-0.4, -0.2) is 47.2 Å². The third-order valence-electron chi connectivity index (χ3n) is 5.54. The van der Waals surface area contributed by atoms with E-state index in [1.807, 2.05) is 22.9 Å². The molecule has 4 aromatic rings. The number of nitrogens with one attached hydrogen (secondary N) is 1. The first-order valence-electron chi connectivity index (χ1n) is 10.9. The lowest BCUT2D eigenvalue weighted by Gasteiger charge is -2.20. The maximum Gasteiger partial charge on any atom is 0.335 e. The number of anilines is 1. The van der Waals surface area contributed by atoms with Crippen LogP contribution in [0.25, 0.3) is 0 Å². The first-order chi connectivity index (χ1) is 16.5. The minimum absolute atomic E-state index is 0.187. The largest absolute Gasteiger partial charge is 0.478 e. The van der Waals surface area contributed by atoms with Crippen molar-refractivity contribution in [3.8, 4) is 0 Å². The summed E-state index contributed by atoms with van der Waals surface area (Å²) in [5.41, 5.74) is 2.58. The monoisotopic (exact) mass is 479 g/mol. The molecule has 0 aliphatic carbocycles. The molecule has 0 unspecified atom stereocenters. The molecule has 1 aromatic carbocycles. The maximum absolute atomic E-state index is 13.8. The van der Waals surface area contributed by atoms with Gasteiger partial charge in [0.25, 0.3) is 11.9 Å². The summed E-state index contributed by atoms with van der Waals surface area (Å²) in [6.07, 6.45) is 4.25. The topological polar surface area (TPSA) is 130 Å². The second kappa shape index (κ2) is 10.4. The number of unbranched alkanes of at least 4 members (excludes halogenated alkanes) is 1. The zero-order valence-electron chi connectivity index (χ0n) is 18.9.